The summed E-state index contributed by atoms with van der Waals surface area (Å²) < 4.78 is 13.1. The third kappa shape index (κ3) is 5.23. The number of aryl methyl sites for hydroxylation is 1. The highest BCUT2D eigenvalue weighted by Crippen LogP contribution is 2.12. The van der Waals surface area contributed by atoms with Crippen molar-refractivity contribution in [3.63, 3.8) is 0 Å². The molecule has 0 bridgehead atoms. The molecule has 6 heteroatoms. The number of nitrogens with zero attached hydrogens (tertiary/aromatic N) is 3. The summed E-state index contributed by atoms with van der Waals surface area (Å²) in [5.41, 5.74) is 3.31. The van der Waals surface area contributed by atoms with Crippen molar-refractivity contribution in [2.75, 3.05) is 6.54 Å². The Kier molecular flexibility index (Phi) is 6.30. The Morgan fingerprint density at radius 3 is 2.67 bits per heavy atom. The maximum atomic E-state index is 13.1. The molecule has 5 nitrogen and oxygen atoms in total. The van der Waals surface area contributed by atoms with Crippen LogP contribution in [-0.4, -0.2) is 32.5 Å². The molecule has 0 aliphatic carbocycles. The minimum absolute atomic E-state index is 0.125. The molecule has 0 aliphatic rings. The summed E-state index contributed by atoms with van der Waals surface area (Å²) in [6, 6.07) is 12.0. The molecular formula is C21H23FN4O. The maximum absolute atomic E-state index is 13.1. The largest absolute Gasteiger partial charge is 0.333 e. The monoisotopic (exact) mass is 366 g/mol. The molecule has 1 N–H and O–H groups in total. The Labute approximate surface area is 158 Å². The molecule has 3 aromatic rings. The number of benzene rings is 1. The Balaban J connectivity index is 1.75. The number of amides is 1. The van der Waals surface area contributed by atoms with E-state index in [-0.39, 0.29) is 11.7 Å². The number of carbonyl (C=O) groups is 1. The van der Waals surface area contributed by atoms with Gasteiger partial charge in [0.1, 0.15) is 11.5 Å². The second kappa shape index (κ2) is 9.07. The summed E-state index contributed by atoms with van der Waals surface area (Å²) in [5.74, 6) is -0.387. The number of carbonyl (C=O) groups excluding carboxylic acids is 1. The van der Waals surface area contributed by atoms with Crippen LogP contribution in [0.25, 0.3) is 0 Å². The lowest BCUT2D eigenvalue weighted by Gasteiger charge is -2.22. The molecule has 140 valence electrons. The molecule has 0 aliphatic heterocycles. The van der Waals surface area contributed by atoms with Gasteiger partial charge in [0.25, 0.3) is 5.91 Å². The first-order valence-electron chi connectivity index (χ1n) is 9.12. The number of pyridine rings is 1. The molecule has 27 heavy (non-hydrogen) atoms. The van der Waals surface area contributed by atoms with E-state index >= 15 is 0 Å². The van der Waals surface area contributed by atoms with Crippen molar-refractivity contribution in [1.29, 1.82) is 0 Å². The predicted molar refractivity (Wildman–Crippen MR) is 102 cm³/mol. The van der Waals surface area contributed by atoms with Crippen molar-refractivity contribution in [2.24, 2.45) is 0 Å². The first-order chi connectivity index (χ1) is 13.2. The van der Waals surface area contributed by atoms with Gasteiger partial charge in [-0.15, -0.1) is 0 Å². The van der Waals surface area contributed by atoms with Gasteiger partial charge in [0.05, 0.1) is 0 Å². The van der Waals surface area contributed by atoms with Crippen LogP contribution in [0.4, 0.5) is 4.39 Å². The van der Waals surface area contributed by atoms with Crippen molar-refractivity contribution in [2.45, 2.75) is 32.7 Å². The van der Waals surface area contributed by atoms with E-state index in [4.69, 9.17) is 0 Å². The lowest BCUT2D eigenvalue weighted by molar-refractivity contribution is 0.0739. The van der Waals surface area contributed by atoms with Gasteiger partial charge in [-0.2, -0.15) is 5.10 Å². The van der Waals surface area contributed by atoms with Gasteiger partial charge in [0.2, 0.25) is 0 Å². The van der Waals surface area contributed by atoms with Crippen molar-refractivity contribution in [1.82, 2.24) is 20.1 Å². The van der Waals surface area contributed by atoms with E-state index in [1.165, 1.54) is 12.1 Å². The van der Waals surface area contributed by atoms with Gasteiger partial charge < -0.3 is 4.90 Å². The van der Waals surface area contributed by atoms with Crippen molar-refractivity contribution in [3.05, 3.63) is 83.2 Å². The lowest BCUT2D eigenvalue weighted by Crippen LogP contribution is -2.32. The fourth-order valence-electron chi connectivity index (χ4n) is 2.91. The first kappa shape index (κ1) is 18.8. The van der Waals surface area contributed by atoms with E-state index in [0.717, 1.165) is 29.7 Å². The van der Waals surface area contributed by atoms with Crippen molar-refractivity contribution >= 4 is 5.91 Å². The van der Waals surface area contributed by atoms with Crippen LogP contribution in [0.2, 0.25) is 0 Å². The highest BCUT2D eigenvalue weighted by Gasteiger charge is 2.19. The van der Waals surface area contributed by atoms with Crippen LogP contribution < -0.4 is 0 Å². The van der Waals surface area contributed by atoms with Crippen LogP contribution in [-0.2, 0) is 19.4 Å². The van der Waals surface area contributed by atoms with Gasteiger partial charge in [-0.05, 0) is 48.2 Å². The van der Waals surface area contributed by atoms with Gasteiger partial charge in [-0.25, -0.2) is 4.39 Å². The quantitative estimate of drug-likeness (QED) is 0.660. The summed E-state index contributed by atoms with van der Waals surface area (Å²) in [6.07, 6.45) is 5.95. The van der Waals surface area contributed by atoms with E-state index in [1.54, 1.807) is 29.4 Å². The van der Waals surface area contributed by atoms with Crippen molar-refractivity contribution in [3.8, 4) is 0 Å². The molecule has 2 aromatic heterocycles. The standard InChI is InChI=1S/C21H23FN4O/c1-2-4-19-13-20(25-24-19)21(27)26(15-17-5-3-11-23-14-17)12-10-16-6-8-18(22)9-7-16/h3,5-9,11,13-14H,2,4,10,12,15H2,1H3,(H,24,25). The summed E-state index contributed by atoms with van der Waals surface area (Å²) in [4.78, 5) is 18.9. The minimum atomic E-state index is -0.262. The molecule has 0 saturated heterocycles. The summed E-state index contributed by atoms with van der Waals surface area (Å²) in [6.45, 7) is 3.04. The van der Waals surface area contributed by atoms with Crippen molar-refractivity contribution < 1.29 is 9.18 Å². The van der Waals surface area contributed by atoms with Gasteiger partial charge in [-0.3, -0.25) is 14.9 Å². The van der Waals surface area contributed by atoms with Gasteiger partial charge in [0, 0.05) is 31.2 Å². The Morgan fingerprint density at radius 2 is 1.96 bits per heavy atom. The molecule has 0 atom stereocenters. The highest BCUT2D eigenvalue weighted by molar-refractivity contribution is 5.92. The lowest BCUT2D eigenvalue weighted by atomic mass is 10.1. The number of aromatic nitrogens is 3. The smallest absolute Gasteiger partial charge is 0.274 e. The van der Waals surface area contributed by atoms with Crippen LogP contribution in [0.5, 0.6) is 0 Å². The molecule has 1 aromatic carbocycles. The fraction of sp³-hybridized carbons (Fsp3) is 0.286. The summed E-state index contributed by atoms with van der Waals surface area (Å²) in [7, 11) is 0. The zero-order valence-corrected chi connectivity index (χ0v) is 15.4. The van der Waals surface area contributed by atoms with E-state index < -0.39 is 0 Å². The van der Waals surface area contributed by atoms with Gasteiger partial charge >= 0.3 is 0 Å². The number of H-pyrrole nitrogens is 1. The molecule has 0 spiro atoms. The number of nitrogens with one attached hydrogen (secondary N) is 1. The predicted octanol–water partition coefficient (Wildman–Crippen LogP) is 3.78. The number of halogens is 1. The molecule has 0 unspecified atom stereocenters. The van der Waals surface area contributed by atoms with Gasteiger partial charge in [-0.1, -0.05) is 31.5 Å². The number of hydrogen-bond donors (Lipinski definition) is 1. The second-order valence-electron chi connectivity index (χ2n) is 6.49. The molecule has 0 radical (unpaired) electrons. The normalized spacial score (nSPS) is 10.7. The zero-order chi connectivity index (χ0) is 19.1. The van der Waals surface area contributed by atoms with E-state index in [1.807, 2.05) is 18.2 Å². The molecule has 0 fully saturated rings. The second-order valence-corrected chi connectivity index (χ2v) is 6.49. The first-order valence-corrected chi connectivity index (χ1v) is 9.12. The molecule has 2 heterocycles. The van der Waals surface area contributed by atoms with Crippen LogP contribution in [0.3, 0.4) is 0 Å². The maximum Gasteiger partial charge on any atom is 0.274 e. The molecule has 0 saturated carbocycles. The zero-order valence-electron chi connectivity index (χ0n) is 15.4. The number of hydrogen-bond acceptors (Lipinski definition) is 3. The van der Waals surface area contributed by atoms with Gasteiger partial charge in [0.15, 0.2) is 0 Å². The van der Waals surface area contributed by atoms with E-state index in [2.05, 4.69) is 22.1 Å². The Bertz CT molecular complexity index is 861. The van der Waals surface area contributed by atoms with Crippen LogP contribution >= 0.6 is 0 Å². The van der Waals surface area contributed by atoms with Crippen LogP contribution in [0, 0.1) is 5.82 Å². The van der Waals surface area contributed by atoms with Crippen LogP contribution in [0.1, 0.15) is 40.7 Å². The van der Waals surface area contributed by atoms with E-state index in [0.29, 0.717) is 25.2 Å². The Morgan fingerprint density at radius 1 is 1.15 bits per heavy atom. The molecular weight excluding hydrogens is 343 g/mol. The summed E-state index contributed by atoms with van der Waals surface area (Å²) >= 11 is 0. The Hall–Kier alpha value is -3.02. The molecule has 3 rings (SSSR count). The topological polar surface area (TPSA) is 61.9 Å². The number of aromatic amines is 1. The minimum Gasteiger partial charge on any atom is -0.333 e. The number of rotatable bonds is 8. The van der Waals surface area contributed by atoms with Crippen LogP contribution in [0.15, 0.2) is 54.9 Å². The third-order valence-electron chi connectivity index (χ3n) is 4.34. The highest BCUT2D eigenvalue weighted by atomic mass is 19.1. The van der Waals surface area contributed by atoms with E-state index in [9.17, 15) is 9.18 Å². The average Bonchev–Trinajstić information content (AvgIpc) is 3.15. The third-order valence-corrected chi connectivity index (χ3v) is 4.34. The SMILES string of the molecule is CCCc1cc(C(=O)N(CCc2ccc(F)cc2)Cc2cccnc2)n[nH]1. The fourth-order valence-corrected chi connectivity index (χ4v) is 2.91. The summed E-state index contributed by atoms with van der Waals surface area (Å²) in [5, 5.41) is 7.12. The average molecular weight is 366 g/mol. The molecule has 1 amide bonds.